The van der Waals surface area contributed by atoms with Crippen LogP contribution in [0, 0.1) is 11.8 Å². The van der Waals surface area contributed by atoms with E-state index in [1.54, 1.807) is 4.90 Å². The van der Waals surface area contributed by atoms with Crippen molar-refractivity contribution in [1.29, 1.82) is 0 Å². The van der Waals surface area contributed by atoms with Crippen LogP contribution in [0.1, 0.15) is 73.6 Å². The molecule has 34 heavy (non-hydrogen) atoms. The lowest BCUT2D eigenvalue weighted by Gasteiger charge is -2.31. The van der Waals surface area contributed by atoms with Gasteiger partial charge in [-0.3, -0.25) is 0 Å². The van der Waals surface area contributed by atoms with Crippen molar-refractivity contribution in [3.63, 3.8) is 0 Å². The standard InChI is InChI=1S/C11H19NO3.C11H17NO2.C4H8O/c1-11(2,3)15-10(14)12-6-7-4-8(12)5-9(7)13;1-11(2,3)14-10(13)12-7-8-4-5-9(12)6-8;1-2-4-5-3-1/h7-9,13H,4-6H2,1-3H3;4-5,8-9H,6-7H2,1-3H3;1-4H2/t7-,8-,9+;8-,9+;/m11./s1. The van der Waals surface area contributed by atoms with Crippen molar-refractivity contribution in [3.05, 3.63) is 12.2 Å². The van der Waals surface area contributed by atoms with Crippen LogP contribution in [-0.2, 0) is 14.2 Å². The Hall–Kier alpha value is -1.80. The summed E-state index contributed by atoms with van der Waals surface area (Å²) in [5.74, 6) is 0.829. The first-order valence-electron chi connectivity index (χ1n) is 12.8. The first kappa shape index (κ1) is 26.8. The van der Waals surface area contributed by atoms with E-state index in [1.165, 1.54) is 12.8 Å². The Morgan fingerprint density at radius 2 is 1.44 bits per heavy atom. The van der Waals surface area contributed by atoms with E-state index < -0.39 is 5.60 Å². The van der Waals surface area contributed by atoms with Crippen molar-refractivity contribution in [1.82, 2.24) is 9.80 Å². The molecule has 5 rings (SSSR count). The van der Waals surface area contributed by atoms with E-state index in [0.717, 1.165) is 32.6 Å². The number of carbonyl (C=O) groups is 2. The lowest BCUT2D eigenvalue weighted by molar-refractivity contribution is 0.00779. The summed E-state index contributed by atoms with van der Waals surface area (Å²) in [7, 11) is 0. The van der Waals surface area contributed by atoms with Gasteiger partial charge in [-0.05, 0) is 79.6 Å². The monoisotopic (exact) mass is 480 g/mol. The molecule has 0 spiro atoms. The maximum atomic E-state index is 11.8. The lowest BCUT2D eigenvalue weighted by Crippen LogP contribution is -2.44. The fraction of sp³-hybridized carbons (Fsp3) is 0.846. The number of ether oxygens (including phenoxy) is 3. The molecule has 4 fully saturated rings. The lowest BCUT2D eigenvalue weighted by atomic mass is 10.1. The Kier molecular flexibility index (Phi) is 8.56. The average molecular weight is 481 g/mol. The van der Waals surface area contributed by atoms with Gasteiger partial charge in [0.1, 0.15) is 11.2 Å². The smallest absolute Gasteiger partial charge is 0.410 e. The number of aliphatic hydroxyl groups excluding tert-OH is 1. The van der Waals surface area contributed by atoms with Gasteiger partial charge in [-0.1, -0.05) is 12.2 Å². The molecule has 194 valence electrons. The quantitative estimate of drug-likeness (QED) is 0.519. The number of amides is 2. The molecule has 0 aromatic rings. The maximum absolute atomic E-state index is 11.8. The number of rotatable bonds is 0. The van der Waals surface area contributed by atoms with E-state index in [4.69, 9.17) is 14.2 Å². The fourth-order valence-electron chi connectivity index (χ4n) is 5.02. The Morgan fingerprint density at radius 3 is 1.79 bits per heavy atom. The van der Waals surface area contributed by atoms with Gasteiger partial charge in [0.2, 0.25) is 0 Å². The highest BCUT2D eigenvalue weighted by molar-refractivity contribution is 5.70. The van der Waals surface area contributed by atoms with Crippen LogP contribution in [0.25, 0.3) is 0 Å². The summed E-state index contributed by atoms with van der Waals surface area (Å²) in [5, 5.41) is 9.57. The number of hydrogen-bond donors (Lipinski definition) is 1. The summed E-state index contributed by atoms with van der Waals surface area (Å²) >= 11 is 0. The molecule has 0 aromatic heterocycles. The summed E-state index contributed by atoms with van der Waals surface area (Å²) in [5.41, 5.74) is -0.819. The van der Waals surface area contributed by atoms with Crippen molar-refractivity contribution in [2.24, 2.45) is 11.8 Å². The van der Waals surface area contributed by atoms with Crippen LogP contribution in [0.15, 0.2) is 12.2 Å². The van der Waals surface area contributed by atoms with E-state index in [2.05, 4.69) is 12.2 Å². The second-order valence-electron chi connectivity index (χ2n) is 12.0. The zero-order valence-corrected chi connectivity index (χ0v) is 21.8. The van der Waals surface area contributed by atoms with Crippen molar-refractivity contribution >= 4 is 12.2 Å². The average Bonchev–Trinajstić information content (AvgIpc) is 3.53. The molecule has 5 atom stereocenters. The molecule has 3 heterocycles. The SMILES string of the molecule is C1CCOC1.CC(C)(C)OC(=O)N1C[C@@H]2C=C[C@H]1C2.CC(C)(C)OC(=O)N1C[C@H]2C[C@@H]1C[C@@H]2O. The topological polar surface area (TPSA) is 88.5 Å². The maximum Gasteiger partial charge on any atom is 0.410 e. The van der Waals surface area contributed by atoms with Gasteiger partial charge in [0.05, 0.1) is 12.1 Å². The van der Waals surface area contributed by atoms with Crippen LogP contribution in [0.2, 0.25) is 0 Å². The van der Waals surface area contributed by atoms with Crippen molar-refractivity contribution < 1.29 is 28.9 Å². The first-order valence-corrected chi connectivity index (χ1v) is 12.8. The fourth-order valence-corrected chi connectivity index (χ4v) is 5.02. The first-order chi connectivity index (χ1) is 15.8. The number of hydrogen-bond acceptors (Lipinski definition) is 6. The molecule has 1 saturated carbocycles. The van der Waals surface area contributed by atoms with Gasteiger partial charge in [0, 0.05) is 38.3 Å². The molecule has 8 nitrogen and oxygen atoms in total. The van der Waals surface area contributed by atoms with Crippen LogP contribution in [-0.4, -0.2) is 82.8 Å². The highest BCUT2D eigenvalue weighted by atomic mass is 16.6. The molecule has 0 unspecified atom stereocenters. The molecule has 3 aliphatic heterocycles. The summed E-state index contributed by atoms with van der Waals surface area (Å²) in [6.07, 6.45) is 8.97. The van der Waals surface area contributed by atoms with E-state index >= 15 is 0 Å². The van der Waals surface area contributed by atoms with E-state index in [1.807, 2.05) is 46.4 Å². The van der Waals surface area contributed by atoms with E-state index in [0.29, 0.717) is 18.9 Å². The number of piperidine rings is 1. The molecule has 2 amide bonds. The van der Waals surface area contributed by atoms with Crippen molar-refractivity contribution in [2.45, 2.75) is 103 Å². The predicted molar refractivity (Wildman–Crippen MR) is 129 cm³/mol. The molecule has 0 aromatic carbocycles. The van der Waals surface area contributed by atoms with Crippen LogP contribution in [0.5, 0.6) is 0 Å². The molecular formula is C26H44N2O6. The molecular weight excluding hydrogens is 436 g/mol. The third-order valence-corrected chi connectivity index (χ3v) is 6.57. The predicted octanol–water partition coefficient (Wildman–Crippen LogP) is 4.36. The van der Waals surface area contributed by atoms with Gasteiger partial charge < -0.3 is 29.1 Å². The number of fused-ring (bicyclic) bond motifs is 4. The van der Waals surface area contributed by atoms with E-state index in [-0.39, 0.29) is 41.9 Å². The Balaban J connectivity index is 0.000000159. The molecule has 8 heteroatoms. The third kappa shape index (κ3) is 7.60. The normalized spacial score (nSPS) is 31.1. The Labute approximate surface area is 204 Å². The van der Waals surface area contributed by atoms with Gasteiger partial charge in [-0.15, -0.1) is 0 Å². The summed E-state index contributed by atoms with van der Waals surface area (Å²) < 4.78 is 15.6. The minimum Gasteiger partial charge on any atom is -0.444 e. The molecule has 0 radical (unpaired) electrons. The molecule has 3 saturated heterocycles. The van der Waals surface area contributed by atoms with Crippen LogP contribution in [0.4, 0.5) is 9.59 Å². The van der Waals surface area contributed by atoms with Gasteiger partial charge in [-0.2, -0.15) is 0 Å². The Morgan fingerprint density at radius 1 is 0.853 bits per heavy atom. The van der Waals surface area contributed by atoms with Gasteiger partial charge in [0.25, 0.3) is 0 Å². The molecule has 4 bridgehead atoms. The molecule has 2 aliphatic carbocycles. The molecule has 5 aliphatic rings. The zero-order chi connectivity index (χ0) is 25.1. The van der Waals surface area contributed by atoms with Crippen molar-refractivity contribution in [2.75, 3.05) is 26.3 Å². The van der Waals surface area contributed by atoms with Gasteiger partial charge >= 0.3 is 12.2 Å². The summed E-state index contributed by atoms with van der Waals surface area (Å²) in [6.45, 7) is 14.8. The largest absolute Gasteiger partial charge is 0.444 e. The minimum absolute atomic E-state index is 0.172. The summed E-state index contributed by atoms with van der Waals surface area (Å²) in [4.78, 5) is 27.1. The Bertz CT molecular complexity index is 727. The summed E-state index contributed by atoms with van der Waals surface area (Å²) in [6, 6.07) is 0.481. The van der Waals surface area contributed by atoms with Crippen LogP contribution < -0.4 is 0 Å². The van der Waals surface area contributed by atoms with Crippen LogP contribution >= 0.6 is 0 Å². The van der Waals surface area contributed by atoms with Gasteiger partial charge in [0.15, 0.2) is 0 Å². The highest BCUT2D eigenvalue weighted by Gasteiger charge is 2.47. The van der Waals surface area contributed by atoms with Gasteiger partial charge in [-0.25, -0.2) is 9.59 Å². The van der Waals surface area contributed by atoms with E-state index in [9.17, 15) is 14.7 Å². The highest BCUT2D eigenvalue weighted by Crippen LogP contribution is 2.38. The molecule has 1 N–H and O–H groups in total. The van der Waals surface area contributed by atoms with Crippen LogP contribution in [0.3, 0.4) is 0 Å². The second kappa shape index (κ2) is 10.9. The second-order valence-corrected chi connectivity index (χ2v) is 12.0. The number of carbonyl (C=O) groups excluding carboxylic acids is 2. The number of likely N-dealkylation sites (tertiary alicyclic amines) is 2. The third-order valence-electron chi connectivity index (χ3n) is 6.57. The zero-order valence-electron chi connectivity index (χ0n) is 21.8. The number of aliphatic hydroxyl groups is 1. The number of nitrogens with zero attached hydrogens (tertiary/aromatic N) is 2. The van der Waals surface area contributed by atoms with Crippen molar-refractivity contribution in [3.8, 4) is 0 Å². The minimum atomic E-state index is -0.433.